The standard InChI is InChI=1S/C27H27FN6O/c1-17-13-19-5-8-23(24(28)21(19)14-17)35-27-25(29-3)26(30-16-31-27)32-22-7-6-20(15-18(22)2)34-11-9-33(4)10-12-34/h5-8,14-16H,9-13H2,1-2,4H3,(H,30,31,32). The number of hydrogen-bond donors (Lipinski definition) is 1. The zero-order valence-corrected chi connectivity index (χ0v) is 20.1. The maximum Gasteiger partial charge on any atom is 0.288 e. The molecule has 0 unspecified atom stereocenters. The number of nitrogens with zero attached hydrogens (tertiary/aromatic N) is 5. The summed E-state index contributed by atoms with van der Waals surface area (Å²) < 4.78 is 20.9. The zero-order valence-electron chi connectivity index (χ0n) is 20.1. The molecule has 0 bridgehead atoms. The summed E-state index contributed by atoms with van der Waals surface area (Å²) in [6.45, 7) is 15.8. The van der Waals surface area contributed by atoms with Gasteiger partial charge in [0.2, 0.25) is 5.88 Å². The van der Waals surface area contributed by atoms with Crippen molar-refractivity contribution in [2.24, 2.45) is 0 Å². The lowest BCUT2D eigenvalue weighted by atomic mass is 10.1. The van der Waals surface area contributed by atoms with Gasteiger partial charge in [-0.1, -0.05) is 17.7 Å². The number of hydrogen-bond acceptors (Lipinski definition) is 6. The van der Waals surface area contributed by atoms with Crippen molar-refractivity contribution in [2.75, 3.05) is 43.4 Å². The van der Waals surface area contributed by atoms with Gasteiger partial charge in [-0.25, -0.2) is 19.2 Å². The molecule has 1 aliphatic heterocycles. The van der Waals surface area contributed by atoms with Crippen LogP contribution >= 0.6 is 0 Å². The molecule has 1 aromatic heterocycles. The number of aryl methyl sites for hydroxylation is 1. The van der Waals surface area contributed by atoms with E-state index in [0.29, 0.717) is 11.4 Å². The predicted octanol–water partition coefficient (Wildman–Crippen LogP) is 5.72. The molecule has 2 aromatic carbocycles. The minimum Gasteiger partial charge on any atom is -0.446 e. The van der Waals surface area contributed by atoms with E-state index in [1.165, 1.54) is 12.0 Å². The Balaban J connectivity index is 1.39. The molecule has 2 aliphatic rings. The number of likely N-dealkylation sites (N-methyl/N-ethyl adjacent to an activating group) is 1. The van der Waals surface area contributed by atoms with E-state index < -0.39 is 5.82 Å². The van der Waals surface area contributed by atoms with Crippen LogP contribution in [0.1, 0.15) is 23.6 Å². The Labute approximate surface area is 204 Å². The number of nitrogens with one attached hydrogen (secondary N) is 1. The molecule has 178 valence electrons. The van der Waals surface area contributed by atoms with Gasteiger partial charge in [0, 0.05) is 43.1 Å². The van der Waals surface area contributed by atoms with Gasteiger partial charge in [-0.3, -0.25) is 0 Å². The average molecular weight is 471 g/mol. The minimum atomic E-state index is -0.446. The molecule has 0 radical (unpaired) electrons. The normalized spacial score (nSPS) is 15.4. The molecule has 1 N–H and O–H groups in total. The zero-order chi connectivity index (χ0) is 24.5. The molecule has 2 heterocycles. The summed E-state index contributed by atoms with van der Waals surface area (Å²) >= 11 is 0. The molecule has 1 saturated heterocycles. The fourth-order valence-electron chi connectivity index (χ4n) is 4.51. The number of piperazine rings is 1. The van der Waals surface area contributed by atoms with E-state index in [9.17, 15) is 0 Å². The van der Waals surface area contributed by atoms with Gasteiger partial charge in [0.05, 0.1) is 6.57 Å². The average Bonchev–Trinajstić information content (AvgIpc) is 3.24. The number of anilines is 3. The lowest BCUT2D eigenvalue weighted by Gasteiger charge is -2.34. The second-order valence-electron chi connectivity index (χ2n) is 9.12. The molecule has 8 heteroatoms. The second kappa shape index (κ2) is 9.35. The molecule has 0 amide bonds. The van der Waals surface area contributed by atoms with Gasteiger partial charge in [-0.05, 0) is 62.7 Å². The number of benzene rings is 2. The maximum atomic E-state index is 15.1. The molecule has 1 fully saturated rings. The van der Waals surface area contributed by atoms with Crippen LogP contribution in [0, 0.1) is 19.3 Å². The van der Waals surface area contributed by atoms with Gasteiger partial charge in [-0.2, -0.15) is 0 Å². The van der Waals surface area contributed by atoms with E-state index in [2.05, 4.69) is 49.1 Å². The summed E-state index contributed by atoms with van der Waals surface area (Å²) in [4.78, 5) is 16.7. The van der Waals surface area contributed by atoms with Gasteiger partial charge in [0.1, 0.15) is 12.1 Å². The Morgan fingerprint density at radius 1 is 1.09 bits per heavy atom. The second-order valence-corrected chi connectivity index (χ2v) is 9.12. The first-order valence-corrected chi connectivity index (χ1v) is 11.6. The minimum absolute atomic E-state index is 0.0155. The van der Waals surface area contributed by atoms with E-state index in [1.807, 2.05) is 32.1 Å². The topological polar surface area (TPSA) is 57.9 Å². The molecule has 3 aromatic rings. The summed E-state index contributed by atoms with van der Waals surface area (Å²) in [6, 6.07) is 9.65. The van der Waals surface area contributed by atoms with Crippen molar-refractivity contribution in [1.29, 1.82) is 0 Å². The number of ether oxygens (including phenoxy) is 1. The van der Waals surface area contributed by atoms with Crippen molar-refractivity contribution in [3.05, 3.63) is 76.2 Å². The Morgan fingerprint density at radius 3 is 2.63 bits per heavy atom. The third-order valence-electron chi connectivity index (χ3n) is 6.53. The Morgan fingerprint density at radius 2 is 1.89 bits per heavy atom. The van der Waals surface area contributed by atoms with Crippen LogP contribution in [0.15, 0.2) is 42.2 Å². The first-order valence-electron chi connectivity index (χ1n) is 11.6. The molecule has 0 atom stereocenters. The lowest BCUT2D eigenvalue weighted by Crippen LogP contribution is -2.44. The van der Waals surface area contributed by atoms with Crippen molar-refractivity contribution in [2.45, 2.75) is 20.3 Å². The van der Waals surface area contributed by atoms with Crippen molar-refractivity contribution in [3.63, 3.8) is 0 Å². The molecule has 0 spiro atoms. The summed E-state index contributed by atoms with van der Waals surface area (Å²) in [5.41, 5.74) is 5.70. The first-order chi connectivity index (χ1) is 16.9. The van der Waals surface area contributed by atoms with Crippen LogP contribution in [0.3, 0.4) is 0 Å². The Hall–Kier alpha value is -3.96. The molecule has 7 nitrogen and oxygen atoms in total. The Kier molecular flexibility index (Phi) is 6.10. The van der Waals surface area contributed by atoms with Gasteiger partial charge in [-0.15, -0.1) is 0 Å². The van der Waals surface area contributed by atoms with Crippen LogP contribution in [0.4, 0.5) is 27.3 Å². The Bertz CT molecular complexity index is 1350. The number of halogens is 1. The summed E-state index contributed by atoms with van der Waals surface area (Å²) in [7, 11) is 2.14. The summed E-state index contributed by atoms with van der Waals surface area (Å²) in [6.07, 6.45) is 3.87. The summed E-state index contributed by atoms with van der Waals surface area (Å²) in [5, 5.41) is 3.24. The highest BCUT2D eigenvalue weighted by atomic mass is 19.1. The van der Waals surface area contributed by atoms with Gasteiger partial charge in [0.15, 0.2) is 11.6 Å². The number of rotatable bonds is 5. The molecule has 0 saturated carbocycles. The molecule has 5 rings (SSSR count). The lowest BCUT2D eigenvalue weighted by molar-refractivity contribution is 0.313. The van der Waals surface area contributed by atoms with Crippen molar-refractivity contribution in [3.8, 4) is 11.6 Å². The molecule has 1 aliphatic carbocycles. The van der Waals surface area contributed by atoms with Crippen molar-refractivity contribution < 1.29 is 9.13 Å². The fraction of sp³-hybridized carbons (Fsp3) is 0.296. The third kappa shape index (κ3) is 4.55. The van der Waals surface area contributed by atoms with E-state index in [-0.39, 0.29) is 17.3 Å². The van der Waals surface area contributed by atoms with E-state index in [0.717, 1.165) is 55.0 Å². The van der Waals surface area contributed by atoms with Crippen LogP contribution in [-0.2, 0) is 6.42 Å². The van der Waals surface area contributed by atoms with Crippen LogP contribution in [0.2, 0.25) is 0 Å². The van der Waals surface area contributed by atoms with Crippen molar-refractivity contribution in [1.82, 2.24) is 14.9 Å². The highest BCUT2D eigenvalue weighted by molar-refractivity contribution is 5.77. The largest absolute Gasteiger partial charge is 0.446 e. The highest BCUT2D eigenvalue weighted by Gasteiger charge is 2.21. The van der Waals surface area contributed by atoms with Gasteiger partial charge in [0.25, 0.3) is 5.69 Å². The maximum absolute atomic E-state index is 15.1. The monoisotopic (exact) mass is 470 g/mol. The van der Waals surface area contributed by atoms with Crippen LogP contribution in [0.25, 0.3) is 10.9 Å². The first kappa shape index (κ1) is 22.8. The van der Waals surface area contributed by atoms with Crippen LogP contribution in [-0.4, -0.2) is 48.1 Å². The number of fused-ring (bicyclic) bond motifs is 1. The molecular weight excluding hydrogens is 443 g/mol. The van der Waals surface area contributed by atoms with Gasteiger partial charge >= 0.3 is 0 Å². The smallest absolute Gasteiger partial charge is 0.288 e. The third-order valence-corrected chi connectivity index (χ3v) is 6.53. The van der Waals surface area contributed by atoms with Crippen molar-refractivity contribution >= 4 is 29.0 Å². The fourth-order valence-corrected chi connectivity index (χ4v) is 4.51. The van der Waals surface area contributed by atoms with E-state index in [1.54, 1.807) is 6.07 Å². The van der Waals surface area contributed by atoms with Gasteiger partial charge < -0.3 is 19.9 Å². The van der Waals surface area contributed by atoms with Crippen LogP contribution in [0.5, 0.6) is 11.6 Å². The molecule has 35 heavy (non-hydrogen) atoms. The number of allylic oxidation sites excluding steroid dienone is 1. The van der Waals surface area contributed by atoms with Crippen LogP contribution < -0.4 is 15.0 Å². The highest BCUT2D eigenvalue weighted by Crippen LogP contribution is 2.39. The van der Waals surface area contributed by atoms with E-state index in [4.69, 9.17) is 11.3 Å². The molecular formula is C27H27FN6O. The van der Waals surface area contributed by atoms with E-state index >= 15 is 4.39 Å². The SMILES string of the molecule is [C-]#[N+]c1c(Nc2ccc(N3CCN(C)CC3)cc2C)ncnc1Oc1ccc2c(c1F)C=C(C)C2. The summed E-state index contributed by atoms with van der Waals surface area (Å²) in [5.74, 6) is -0.0739. The quantitative estimate of drug-likeness (QED) is 0.481. The number of aromatic nitrogens is 2. The predicted molar refractivity (Wildman–Crippen MR) is 136 cm³/mol.